The van der Waals surface area contributed by atoms with E-state index in [1.807, 2.05) is 0 Å². The molecule has 1 aromatic carbocycles. The molecule has 1 aromatic heterocycles. The van der Waals surface area contributed by atoms with Gasteiger partial charge in [-0.3, -0.25) is 4.79 Å². The van der Waals surface area contributed by atoms with Gasteiger partial charge in [-0.2, -0.15) is 0 Å². The van der Waals surface area contributed by atoms with E-state index in [-0.39, 0.29) is 5.13 Å². The molecule has 0 fully saturated rings. The highest BCUT2D eigenvalue weighted by Crippen LogP contribution is 2.36. The lowest BCUT2D eigenvalue weighted by Gasteiger charge is -2.22. The third-order valence-corrected chi connectivity index (χ3v) is 3.75. The summed E-state index contributed by atoms with van der Waals surface area (Å²) in [6.07, 6.45) is -2.17. The normalized spacial score (nSPS) is 10.8. The molecule has 5 nitrogen and oxygen atoms in total. The second-order valence-corrected chi connectivity index (χ2v) is 5.12. The highest BCUT2D eigenvalue weighted by Gasteiger charge is 2.19. The summed E-state index contributed by atoms with van der Waals surface area (Å²) < 4.78 is 38.4. The van der Waals surface area contributed by atoms with Crippen LogP contribution in [0.1, 0.15) is 11.4 Å². The van der Waals surface area contributed by atoms with Crippen LogP contribution in [0.4, 0.5) is 29.7 Å². The van der Waals surface area contributed by atoms with E-state index >= 15 is 0 Å². The van der Waals surface area contributed by atoms with Crippen LogP contribution in [0, 0.1) is 5.82 Å². The Balaban J connectivity index is 2.42. The number of amides is 1. The number of anilines is 3. The average Bonchev–Trinajstić information content (AvgIpc) is 2.95. The number of rotatable bonds is 5. The van der Waals surface area contributed by atoms with Crippen LogP contribution in [-0.2, 0) is 4.79 Å². The summed E-state index contributed by atoms with van der Waals surface area (Å²) >= 11 is 0.729. The molecule has 112 valence electrons. The Morgan fingerprint density at radius 3 is 2.52 bits per heavy atom. The molecule has 1 amide bonds. The monoisotopic (exact) mass is 316 g/mol. The summed E-state index contributed by atoms with van der Waals surface area (Å²) in [5.74, 6) is -0.513. The van der Waals surface area contributed by atoms with E-state index in [1.54, 1.807) is 7.05 Å². The van der Waals surface area contributed by atoms with Gasteiger partial charge in [0.15, 0.2) is 5.01 Å². The number of nitrogens with zero attached hydrogens (tertiary/aromatic N) is 4. The fourth-order valence-electron chi connectivity index (χ4n) is 1.67. The van der Waals surface area contributed by atoms with Crippen LogP contribution in [0.25, 0.3) is 0 Å². The van der Waals surface area contributed by atoms with Crippen LogP contribution >= 0.6 is 11.3 Å². The first-order valence-electron chi connectivity index (χ1n) is 5.77. The molecule has 0 spiro atoms. The highest BCUT2D eigenvalue weighted by atomic mass is 32.1. The number of carbonyl (C=O) groups is 1. The van der Waals surface area contributed by atoms with Gasteiger partial charge in [-0.05, 0) is 18.2 Å². The van der Waals surface area contributed by atoms with Crippen molar-refractivity contribution in [1.29, 1.82) is 0 Å². The molecule has 0 N–H and O–H groups in total. The van der Waals surface area contributed by atoms with E-state index < -0.39 is 17.3 Å². The van der Waals surface area contributed by atoms with E-state index in [0.717, 1.165) is 11.3 Å². The molecule has 2 aromatic rings. The number of benzene rings is 1. The van der Waals surface area contributed by atoms with Gasteiger partial charge in [0.25, 0.3) is 6.43 Å². The second-order valence-electron chi connectivity index (χ2n) is 4.13. The van der Waals surface area contributed by atoms with Crippen LogP contribution < -0.4 is 9.80 Å². The fourth-order valence-corrected chi connectivity index (χ4v) is 2.35. The van der Waals surface area contributed by atoms with Gasteiger partial charge >= 0.3 is 0 Å². The molecule has 0 aliphatic rings. The first-order valence-corrected chi connectivity index (χ1v) is 6.58. The molecule has 2 rings (SSSR count). The number of aromatic nitrogens is 2. The number of hydrogen-bond donors (Lipinski definition) is 0. The molecule has 0 bridgehead atoms. The first-order chi connectivity index (χ1) is 9.93. The van der Waals surface area contributed by atoms with Crippen molar-refractivity contribution in [3.8, 4) is 0 Å². The second kappa shape index (κ2) is 6.08. The zero-order valence-electron chi connectivity index (χ0n) is 11.1. The summed E-state index contributed by atoms with van der Waals surface area (Å²) in [5, 5.41) is 6.89. The topological polar surface area (TPSA) is 49.3 Å². The van der Waals surface area contributed by atoms with Crippen LogP contribution in [0.3, 0.4) is 0 Å². The molecule has 21 heavy (non-hydrogen) atoms. The maximum Gasteiger partial charge on any atom is 0.291 e. The van der Waals surface area contributed by atoms with E-state index in [4.69, 9.17) is 0 Å². The Bertz CT molecular complexity index is 649. The standard InChI is InChI=1S/C12H11F3N4OS/c1-18(6-20)9-5-7(13)3-4-8(9)19(2)12-17-16-11(21-12)10(14)15/h3-6,10H,1-2H3. The summed E-state index contributed by atoms with van der Waals surface area (Å²) in [5.41, 5.74) is 0.740. The molecule has 0 saturated carbocycles. The van der Waals surface area contributed by atoms with Gasteiger partial charge in [-0.1, -0.05) is 11.3 Å². The van der Waals surface area contributed by atoms with Crippen LogP contribution in [0.2, 0.25) is 0 Å². The summed E-state index contributed by atoms with van der Waals surface area (Å²) in [6.45, 7) is 0. The minimum atomic E-state index is -2.70. The quantitative estimate of drug-likeness (QED) is 0.796. The van der Waals surface area contributed by atoms with Crippen molar-refractivity contribution >= 4 is 34.3 Å². The summed E-state index contributed by atoms with van der Waals surface area (Å²) in [6, 6.07) is 3.83. The van der Waals surface area contributed by atoms with Crippen LogP contribution in [0.15, 0.2) is 18.2 Å². The smallest absolute Gasteiger partial charge is 0.291 e. The molecule has 0 aliphatic carbocycles. The number of alkyl halides is 2. The Kier molecular flexibility index (Phi) is 4.41. The van der Waals surface area contributed by atoms with Gasteiger partial charge in [0.2, 0.25) is 11.5 Å². The Labute approximate surface area is 122 Å². The lowest BCUT2D eigenvalue weighted by molar-refractivity contribution is -0.107. The third-order valence-electron chi connectivity index (χ3n) is 2.74. The first kappa shape index (κ1) is 15.2. The molecule has 9 heteroatoms. The maximum atomic E-state index is 13.3. The van der Waals surface area contributed by atoms with Crippen molar-refractivity contribution in [2.45, 2.75) is 6.43 Å². The fraction of sp³-hybridized carbons (Fsp3) is 0.250. The van der Waals surface area contributed by atoms with Gasteiger partial charge in [-0.25, -0.2) is 13.2 Å². The predicted octanol–water partition coefficient (Wildman–Crippen LogP) is 2.98. The molecule has 1 heterocycles. The van der Waals surface area contributed by atoms with Crippen LogP contribution in [0.5, 0.6) is 0 Å². The molecular weight excluding hydrogens is 305 g/mol. The zero-order chi connectivity index (χ0) is 15.6. The number of halogens is 3. The lowest BCUT2D eigenvalue weighted by atomic mass is 10.2. The van der Waals surface area contributed by atoms with Gasteiger partial charge in [0.1, 0.15) is 5.82 Å². The van der Waals surface area contributed by atoms with E-state index in [9.17, 15) is 18.0 Å². The number of carbonyl (C=O) groups excluding carboxylic acids is 1. The van der Waals surface area contributed by atoms with Gasteiger partial charge < -0.3 is 9.80 Å². The molecule has 0 radical (unpaired) electrons. The van der Waals surface area contributed by atoms with E-state index in [2.05, 4.69) is 10.2 Å². The van der Waals surface area contributed by atoms with Gasteiger partial charge in [-0.15, -0.1) is 10.2 Å². The third kappa shape index (κ3) is 3.13. The van der Waals surface area contributed by atoms with Crippen molar-refractivity contribution in [2.24, 2.45) is 0 Å². The summed E-state index contributed by atoms with van der Waals surface area (Å²) in [4.78, 5) is 13.5. The Morgan fingerprint density at radius 1 is 1.24 bits per heavy atom. The lowest BCUT2D eigenvalue weighted by Crippen LogP contribution is -2.19. The van der Waals surface area contributed by atoms with Crippen molar-refractivity contribution in [2.75, 3.05) is 23.9 Å². The average molecular weight is 316 g/mol. The predicted molar refractivity (Wildman–Crippen MR) is 73.8 cm³/mol. The van der Waals surface area contributed by atoms with Gasteiger partial charge in [0.05, 0.1) is 11.4 Å². The molecule has 0 atom stereocenters. The highest BCUT2D eigenvalue weighted by molar-refractivity contribution is 7.15. The van der Waals surface area contributed by atoms with Crippen molar-refractivity contribution < 1.29 is 18.0 Å². The van der Waals surface area contributed by atoms with Crippen LogP contribution in [-0.4, -0.2) is 30.7 Å². The van der Waals surface area contributed by atoms with Crippen molar-refractivity contribution in [3.63, 3.8) is 0 Å². The van der Waals surface area contributed by atoms with E-state index in [1.165, 1.54) is 35.0 Å². The summed E-state index contributed by atoms with van der Waals surface area (Å²) in [7, 11) is 3.04. The minimum Gasteiger partial charge on any atom is -0.318 e. The largest absolute Gasteiger partial charge is 0.318 e. The zero-order valence-corrected chi connectivity index (χ0v) is 11.9. The maximum absolute atomic E-state index is 13.3. The molecule has 0 aliphatic heterocycles. The van der Waals surface area contributed by atoms with Gasteiger partial charge in [0, 0.05) is 14.1 Å². The van der Waals surface area contributed by atoms with Crippen molar-refractivity contribution in [3.05, 3.63) is 29.0 Å². The molecule has 0 unspecified atom stereocenters. The van der Waals surface area contributed by atoms with Crippen molar-refractivity contribution in [1.82, 2.24) is 10.2 Å². The Morgan fingerprint density at radius 2 is 1.95 bits per heavy atom. The van der Waals surface area contributed by atoms with E-state index in [0.29, 0.717) is 17.8 Å². The minimum absolute atomic E-state index is 0.220. The number of hydrogen-bond acceptors (Lipinski definition) is 5. The molecular formula is C12H11F3N4OS. The Hall–Kier alpha value is -2.16. The SMILES string of the molecule is CN(C=O)c1cc(F)ccc1N(C)c1nnc(C(F)F)s1. The molecule has 0 saturated heterocycles.